The number of terminal acetylenes is 1. The Morgan fingerprint density at radius 1 is 1.23 bits per heavy atom. The van der Waals surface area contributed by atoms with Gasteiger partial charge in [0.05, 0.1) is 0 Å². The fraction of sp³-hybridized carbons (Fsp3) is 0.577. The summed E-state index contributed by atoms with van der Waals surface area (Å²) in [4.78, 5) is 40.6. The Labute approximate surface area is 212 Å². The van der Waals surface area contributed by atoms with Crippen LogP contribution in [0, 0.1) is 12.5 Å². The van der Waals surface area contributed by atoms with Gasteiger partial charge in [0.15, 0.2) is 6.04 Å². The number of benzene rings is 1. The van der Waals surface area contributed by atoms with Gasteiger partial charge in [0.25, 0.3) is 5.91 Å². The van der Waals surface area contributed by atoms with Crippen LogP contribution in [0.2, 0.25) is 0 Å². The van der Waals surface area contributed by atoms with Crippen molar-refractivity contribution in [2.45, 2.75) is 83.0 Å². The summed E-state index contributed by atoms with van der Waals surface area (Å²) in [7, 11) is 0. The third-order valence-corrected chi connectivity index (χ3v) is 6.31. The molecule has 1 aliphatic rings. The van der Waals surface area contributed by atoms with Crippen LogP contribution >= 0.6 is 11.8 Å². The number of nitrogens with one attached hydrogen (secondary N) is 2. The highest BCUT2D eigenvalue weighted by Crippen LogP contribution is 2.30. The average molecular weight is 504 g/mol. The van der Waals surface area contributed by atoms with E-state index in [1.807, 2.05) is 6.26 Å². The molecule has 2 atom stereocenters. The fourth-order valence-electron chi connectivity index (χ4n) is 4.02. The Morgan fingerprint density at radius 2 is 1.89 bits per heavy atom. The summed E-state index contributed by atoms with van der Waals surface area (Å²) in [6.45, 7) is 5.18. The van der Waals surface area contributed by atoms with E-state index in [0.717, 1.165) is 37.0 Å². The van der Waals surface area contributed by atoms with Gasteiger partial charge in [-0.15, -0.1) is 0 Å². The summed E-state index contributed by atoms with van der Waals surface area (Å²) in [6.07, 6.45) is 12.0. The minimum atomic E-state index is -1.26. The van der Waals surface area contributed by atoms with Crippen molar-refractivity contribution in [3.05, 3.63) is 29.8 Å². The molecule has 0 bridgehead atoms. The Balaban J connectivity index is 2.37. The van der Waals surface area contributed by atoms with Gasteiger partial charge in [0.2, 0.25) is 5.91 Å². The van der Waals surface area contributed by atoms with Crippen molar-refractivity contribution in [3.63, 3.8) is 0 Å². The maximum atomic E-state index is 13.6. The van der Waals surface area contributed by atoms with E-state index in [1.165, 1.54) is 17.8 Å². The number of alkyl carbamates (subject to hydrolysis) is 1. The largest absolute Gasteiger partial charge is 0.508 e. The topological polar surface area (TPSA) is 108 Å². The molecule has 1 fully saturated rings. The number of thioether (sulfide) groups is 1. The first-order valence-electron chi connectivity index (χ1n) is 11.9. The molecule has 1 aliphatic carbocycles. The zero-order valence-electron chi connectivity index (χ0n) is 21.0. The van der Waals surface area contributed by atoms with E-state index in [2.05, 4.69) is 16.7 Å². The minimum absolute atomic E-state index is 0.0218. The van der Waals surface area contributed by atoms with Crippen LogP contribution in [0.5, 0.6) is 5.75 Å². The molecular formula is C26H37N3O5S. The van der Waals surface area contributed by atoms with Crippen LogP contribution in [-0.2, 0) is 14.3 Å². The van der Waals surface area contributed by atoms with E-state index in [-0.39, 0.29) is 23.8 Å². The zero-order valence-corrected chi connectivity index (χ0v) is 21.8. The van der Waals surface area contributed by atoms with Crippen molar-refractivity contribution in [2.75, 3.05) is 12.0 Å². The molecule has 3 amide bonds. The molecular weight excluding hydrogens is 466 g/mol. The highest BCUT2D eigenvalue weighted by Gasteiger charge is 2.37. The second-order valence-electron chi connectivity index (χ2n) is 9.62. The van der Waals surface area contributed by atoms with Crippen molar-refractivity contribution >= 4 is 29.7 Å². The van der Waals surface area contributed by atoms with Gasteiger partial charge < -0.3 is 20.5 Å². The molecule has 192 valence electrons. The summed E-state index contributed by atoms with van der Waals surface area (Å²) in [5.74, 6) is -0.671. The van der Waals surface area contributed by atoms with Crippen molar-refractivity contribution in [3.8, 4) is 18.2 Å². The van der Waals surface area contributed by atoms with Gasteiger partial charge in [-0.2, -0.15) is 11.8 Å². The fourth-order valence-corrected chi connectivity index (χ4v) is 4.49. The number of amides is 3. The molecule has 0 aromatic heterocycles. The number of phenolic OH excluding ortho intramolecular Hbond substituents is 1. The molecule has 3 N–H and O–H groups in total. The molecule has 1 saturated carbocycles. The average Bonchev–Trinajstić information content (AvgIpc) is 2.79. The van der Waals surface area contributed by atoms with Gasteiger partial charge in [0.1, 0.15) is 17.4 Å². The van der Waals surface area contributed by atoms with Crippen LogP contribution in [0.1, 0.15) is 70.9 Å². The summed E-state index contributed by atoms with van der Waals surface area (Å²) < 4.78 is 5.33. The Bertz CT molecular complexity index is 918. The minimum Gasteiger partial charge on any atom is -0.508 e. The number of nitrogens with zero attached hydrogens (tertiary/aromatic N) is 1. The monoisotopic (exact) mass is 503 g/mol. The maximum Gasteiger partial charge on any atom is 0.408 e. The van der Waals surface area contributed by atoms with E-state index >= 15 is 0 Å². The van der Waals surface area contributed by atoms with E-state index in [1.54, 1.807) is 39.0 Å². The molecule has 2 unspecified atom stereocenters. The lowest BCUT2D eigenvalue weighted by Crippen LogP contribution is -2.52. The number of carbonyl (C=O) groups excluding carboxylic acids is 3. The molecule has 0 aliphatic heterocycles. The zero-order chi connectivity index (χ0) is 26.0. The van der Waals surface area contributed by atoms with Gasteiger partial charge in [-0.1, -0.05) is 43.9 Å². The molecule has 1 aromatic carbocycles. The predicted molar refractivity (Wildman–Crippen MR) is 138 cm³/mol. The molecule has 0 saturated heterocycles. The van der Waals surface area contributed by atoms with Crippen LogP contribution in [0.25, 0.3) is 0 Å². The molecule has 0 radical (unpaired) electrons. The SMILES string of the molecule is C#CN(C(=O)C(CCSC)NC(=O)OC(C)(C)C)C(C(=O)NC1CCCCC1)c1ccccc1O. The van der Waals surface area contributed by atoms with E-state index in [0.29, 0.717) is 5.75 Å². The third-order valence-electron chi connectivity index (χ3n) is 5.67. The third kappa shape index (κ3) is 8.70. The van der Waals surface area contributed by atoms with Crippen LogP contribution in [0.3, 0.4) is 0 Å². The summed E-state index contributed by atoms with van der Waals surface area (Å²) in [5, 5.41) is 16.2. The number of aromatic hydroxyl groups is 1. The van der Waals surface area contributed by atoms with E-state index in [4.69, 9.17) is 11.2 Å². The highest BCUT2D eigenvalue weighted by atomic mass is 32.2. The number of hydrogen-bond donors (Lipinski definition) is 3. The summed E-state index contributed by atoms with van der Waals surface area (Å²) in [5.41, 5.74) is -0.533. The lowest BCUT2D eigenvalue weighted by atomic mass is 9.94. The number of para-hydroxylation sites is 1. The standard InChI is InChI=1S/C26H37N3O5S/c1-6-29(24(32)20(16-17-35-5)28-25(33)34-26(2,3)4)22(19-14-10-11-15-21(19)30)23(31)27-18-12-8-7-9-13-18/h1,10-11,14-15,18,20,22,30H,7-9,12-13,16-17H2,2-5H3,(H,27,31)(H,28,33). The first kappa shape index (κ1) is 28.4. The van der Waals surface area contributed by atoms with E-state index < -0.39 is 35.6 Å². The first-order chi connectivity index (χ1) is 16.6. The number of hydrogen-bond acceptors (Lipinski definition) is 6. The van der Waals surface area contributed by atoms with Crippen molar-refractivity contribution in [1.82, 2.24) is 15.5 Å². The van der Waals surface area contributed by atoms with E-state index in [9.17, 15) is 19.5 Å². The van der Waals surface area contributed by atoms with Crippen molar-refractivity contribution in [2.24, 2.45) is 0 Å². The number of phenols is 1. The van der Waals surface area contributed by atoms with Gasteiger partial charge >= 0.3 is 6.09 Å². The number of carbonyl (C=O) groups is 3. The smallest absolute Gasteiger partial charge is 0.408 e. The molecule has 2 rings (SSSR count). The van der Waals surface area contributed by atoms with Crippen molar-refractivity contribution < 1.29 is 24.2 Å². The van der Waals surface area contributed by atoms with Crippen molar-refractivity contribution in [1.29, 1.82) is 0 Å². The predicted octanol–water partition coefficient (Wildman–Crippen LogP) is 3.95. The Morgan fingerprint density at radius 3 is 2.46 bits per heavy atom. The van der Waals surface area contributed by atoms with Gasteiger partial charge in [0, 0.05) is 17.6 Å². The highest BCUT2D eigenvalue weighted by molar-refractivity contribution is 7.98. The first-order valence-corrected chi connectivity index (χ1v) is 13.3. The van der Waals surface area contributed by atoms with Crippen LogP contribution in [0.4, 0.5) is 4.79 Å². The quantitative estimate of drug-likeness (QED) is 0.348. The van der Waals surface area contributed by atoms with Crippen LogP contribution in [-0.4, -0.2) is 57.6 Å². The van der Waals surface area contributed by atoms with Crippen LogP contribution < -0.4 is 10.6 Å². The lowest BCUT2D eigenvalue weighted by molar-refractivity contribution is -0.139. The molecule has 0 spiro atoms. The number of rotatable bonds is 9. The second kappa shape index (κ2) is 13.3. The molecule has 35 heavy (non-hydrogen) atoms. The second-order valence-corrected chi connectivity index (χ2v) is 10.6. The normalized spacial score (nSPS) is 15.9. The molecule has 1 aromatic rings. The maximum absolute atomic E-state index is 13.6. The molecule has 0 heterocycles. The number of ether oxygens (including phenoxy) is 1. The molecule has 9 heteroatoms. The van der Waals surface area contributed by atoms with Gasteiger partial charge in [-0.05, 0) is 58.1 Å². The van der Waals surface area contributed by atoms with Gasteiger partial charge in [-0.3, -0.25) is 14.5 Å². The van der Waals surface area contributed by atoms with Gasteiger partial charge in [-0.25, -0.2) is 4.79 Å². The molecule has 8 nitrogen and oxygen atoms in total. The lowest BCUT2D eigenvalue weighted by Gasteiger charge is -2.32. The Kier molecular flexibility index (Phi) is 10.8. The Hall–Kier alpha value is -2.86. The summed E-state index contributed by atoms with van der Waals surface area (Å²) >= 11 is 1.51. The van der Waals surface area contributed by atoms with Crippen LogP contribution in [0.15, 0.2) is 24.3 Å². The summed E-state index contributed by atoms with van der Waals surface area (Å²) in [6, 6.07) is 6.35.